The molecule has 0 heterocycles. The molecule has 0 aromatic heterocycles. The van der Waals surface area contributed by atoms with Gasteiger partial charge in [-0.05, 0) is 43.4 Å². The van der Waals surface area contributed by atoms with Crippen molar-refractivity contribution in [1.29, 1.82) is 0 Å². The fourth-order valence-corrected chi connectivity index (χ4v) is 2.80. The molecular weight excluding hydrogens is 210 g/mol. The van der Waals surface area contributed by atoms with E-state index < -0.39 is 0 Å². The van der Waals surface area contributed by atoms with Crippen LogP contribution in [0.15, 0.2) is 24.3 Å². The number of aliphatic hydroxyl groups excluding tert-OH is 1. The topological polar surface area (TPSA) is 32.3 Å². The molecule has 0 radical (unpaired) electrons. The first-order valence-electron chi connectivity index (χ1n) is 6.73. The Balaban J connectivity index is 1.98. The van der Waals surface area contributed by atoms with Crippen molar-refractivity contribution in [2.24, 2.45) is 5.92 Å². The summed E-state index contributed by atoms with van der Waals surface area (Å²) in [5, 5.41) is 13.0. The Bertz CT molecular complexity index is 345. The summed E-state index contributed by atoms with van der Waals surface area (Å²) in [5.41, 5.74) is 2.39. The van der Waals surface area contributed by atoms with Gasteiger partial charge in [0.15, 0.2) is 0 Å². The van der Waals surface area contributed by atoms with Gasteiger partial charge in [0.1, 0.15) is 0 Å². The van der Waals surface area contributed by atoms with Gasteiger partial charge in [0.2, 0.25) is 0 Å². The quantitative estimate of drug-likeness (QED) is 0.836. The lowest BCUT2D eigenvalue weighted by Gasteiger charge is -2.30. The Morgan fingerprint density at radius 3 is 2.71 bits per heavy atom. The molecule has 1 aliphatic rings. The maximum absolute atomic E-state index is 9.55. The van der Waals surface area contributed by atoms with Crippen LogP contribution in [-0.2, 0) is 0 Å². The fourth-order valence-electron chi connectivity index (χ4n) is 2.80. The van der Waals surface area contributed by atoms with Crippen molar-refractivity contribution in [3.05, 3.63) is 29.8 Å². The van der Waals surface area contributed by atoms with E-state index in [4.69, 9.17) is 0 Å². The van der Waals surface area contributed by atoms with Gasteiger partial charge in [-0.3, -0.25) is 0 Å². The highest BCUT2D eigenvalue weighted by atomic mass is 16.3. The molecule has 1 fully saturated rings. The highest BCUT2D eigenvalue weighted by Crippen LogP contribution is 2.28. The summed E-state index contributed by atoms with van der Waals surface area (Å²) in [6.45, 7) is 2.33. The standard InChI is InChI=1S/C15H23NO/c1-12-6-5-9-14(10-12)16-15(11-17)13-7-3-2-4-8-13/h5-6,9-10,13,15-17H,2-4,7-8,11H2,1H3. The average molecular weight is 233 g/mol. The average Bonchev–Trinajstić information content (AvgIpc) is 2.37. The molecule has 0 aliphatic heterocycles. The maximum atomic E-state index is 9.55. The van der Waals surface area contributed by atoms with Crippen LogP contribution in [0.1, 0.15) is 37.7 Å². The monoisotopic (exact) mass is 233 g/mol. The number of hydrogen-bond donors (Lipinski definition) is 2. The number of aliphatic hydroxyl groups is 1. The van der Waals surface area contributed by atoms with Gasteiger partial charge in [-0.1, -0.05) is 31.4 Å². The minimum atomic E-state index is 0.220. The molecule has 1 aromatic rings. The van der Waals surface area contributed by atoms with Crippen molar-refractivity contribution < 1.29 is 5.11 Å². The molecule has 2 rings (SSSR count). The number of benzene rings is 1. The van der Waals surface area contributed by atoms with Gasteiger partial charge in [0.25, 0.3) is 0 Å². The zero-order chi connectivity index (χ0) is 12.1. The Labute approximate surface area is 104 Å². The van der Waals surface area contributed by atoms with Crippen molar-refractivity contribution in [3.8, 4) is 0 Å². The predicted octanol–water partition coefficient (Wildman–Crippen LogP) is 3.35. The molecule has 2 N–H and O–H groups in total. The molecule has 0 spiro atoms. The van der Waals surface area contributed by atoms with E-state index >= 15 is 0 Å². The number of nitrogens with one attached hydrogen (secondary N) is 1. The largest absolute Gasteiger partial charge is 0.394 e. The summed E-state index contributed by atoms with van der Waals surface area (Å²) < 4.78 is 0. The second-order valence-corrected chi connectivity index (χ2v) is 5.20. The molecule has 0 saturated heterocycles. The normalized spacial score (nSPS) is 18.9. The van der Waals surface area contributed by atoms with Crippen LogP contribution >= 0.6 is 0 Å². The summed E-state index contributed by atoms with van der Waals surface area (Å²) in [6, 6.07) is 8.61. The zero-order valence-electron chi connectivity index (χ0n) is 10.7. The van der Waals surface area contributed by atoms with Crippen LogP contribution in [0, 0.1) is 12.8 Å². The number of hydrogen-bond acceptors (Lipinski definition) is 2. The summed E-state index contributed by atoms with van der Waals surface area (Å²) in [6.07, 6.45) is 6.50. The lowest BCUT2D eigenvalue weighted by Crippen LogP contribution is -2.33. The summed E-state index contributed by atoms with van der Waals surface area (Å²) in [5.74, 6) is 0.634. The van der Waals surface area contributed by atoms with Gasteiger partial charge in [0.05, 0.1) is 12.6 Å². The van der Waals surface area contributed by atoms with Crippen LogP contribution < -0.4 is 5.32 Å². The molecule has 1 saturated carbocycles. The first-order valence-corrected chi connectivity index (χ1v) is 6.73. The second-order valence-electron chi connectivity index (χ2n) is 5.20. The number of aryl methyl sites for hydroxylation is 1. The van der Waals surface area contributed by atoms with Crippen molar-refractivity contribution >= 4 is 5.69 Å². The summed E-state index contributed by atoms with van der Waals surface area (Å²) in [7, 11) is 0. The zero-order valence-corrected chi connectivity index (χ0v) is 10.7. The van der Waals surface area contributed by atoms with Crippen molar-refractivity contribution in [2.45, 2.75) is 45.1 Å². The van der Waals surface area contributed by atoms with E-state index in [2.05, 4.69) is 36.5 Å². The van der Waals surface area contributed by atoms with Crippen LogP contribution in [0.4, 0.5) is 5.69 Å². The molecule has 1 aliphatic carbocycles. The molecule has 17 heavy (non-hydrogen) atoms. The van der Waals surface area contributed by atoms with Crippen molar-refractivity contribution in [1.82, 2.24) is 0 Å². The molecule has 2 nitrogen and oxygen atoms in total. The molecule has 1 unspecified atom stereocenters. The van der Waals surface area contributed by atoms with E-state index in [9.17, 15) is 5.11 Å². The first kappa shape index (κ1) is 12.4. The Kier molecular flexibility index (Phi) is 4.43. The smallest absolute Gasteiger partial charge is 0.0635 e. The van der Waals surface area contributed by atoms with E-state index in [1.165, 1.54) is 37.7 Å². The van der Waals surface area contributed by atoms with Crippen molar-refractivity contribution in [3.63, 3.8) is 0 Å². The van der Waals surface area contributed by atoms with E-state index in [0.717, 1.165) is 5.69 Å². The predicted molar refractivity (Wildman–Crippen MR) is 72.3 cm³/mol. The third-order valence-electron chi connectivity index (χ3n) is 3.79. The Morgan fingerprint density at radius 1 is 1.29 bits per heavy atom. The third kappa shape index (κ3) is 3.47. The van der Waals surface area contributed by atoms with Gasteiger partial charge in [-0.25, -0.2) is 0 Å². The highest BCUT2D eigenvalue weighted by Gasteiger charge is 2.22. The minimum absolute atomic E-state index is 0.220. The number of anilines is 1. The van der Waals surface area contributed by atoms with Crippen molar-refractivity contribution in [2.75, 3.05) is 11.9 Å². The number of rotatable bonds is 4. The van der Waals surface area contributed by atoms with Crippen LogP contribution in [0.3, 0.4) is 0 Å². The first-order chi connectivity index (χ1) is 8.29. The van der Waals surface area contributed by atoms with E-state index in [1.54, 1.807) is 0 Å². The Hall–Kier alpha value is -1.02. The van der Waals surface area contributed by atoms with Gasteiger partial charge in [0, 0.05) is 5.69 Å². The van der Waals surface area contributed by atoms with Gasteiger partial charge in [-0.15, -0.1) is 0 Å². The molecule has 0 amide bonds. The SMILES string of the molecule is Cc1cccc(NC(CO)C2CCCCC2)c1. The molecule has 1 atom stereocenters. The third-order valence-corrected chi connectivity index (χ3v) is 3.79. The molecule has 94 valence electrons. The second kappa shape index (κ2) is 6.06. The molecular formula is C15H23NO. The molecule has 1 aromatic carbocycles. The lowest BCUT2D eigenvalue weighted by atomic mass is 9.84. The van der Waals surface area contributed by atoms with Gasteiger partial charge in [-0.2, -0.15) is 0 Å². The minimum Gasteiger partial charge on any atom is -0.394 e. The summed E-state index contributed by atoms with van der Waals surface area (Å²) in [4.78, 5) is 0. The van der Waals surface area contributed by atoms with Crippen LogP contribution in [0.5, 0.6) is 0 Å². The van der Waals surface area contributed by atoms with E-state index in [-0.39, 0.29) is 12.6 Å². The van der Waals surface area contributed by atoms with Crippen LogP contribution in [0.2, 0.25) is 0 Å². The highest BCUT2D eigenvalue weighted by molar-refractivity contribution is 5.46. The van der Waals surface area contributed by atoms with Crippen LogP contribution in [-0.4, -0.2) is 17.8 Å². The van der Waals surface area contributed by atoms with E-state index in [1.807, 2.05) is 0 Å². The molecule has 2 heteroatoms. The summed E-state index contributed by atoms with van der Waals surface area (Å²) >= 11 is 0. The fraction of sp³-hybridized carbons (Fsp3) is 0.600. The van der Waals surface area contributed by atoms with Gasteiger partial charge >= 0.3 is 0 Å². The maximum Gasteiger partial charge on any atom is 0.0635 e. The Morgan fingerprint density at radius 2 is 2.06 bits per heavy atom. The van der Waals surface area contributed by atoms with Crippen LogP contribution in [0.25, 0.3) is 0 Å². The van der Waals surface area contributed by atoms with E-state index in [0.29, 0.717) is 5.92 Å². The molecule has 0 bridgehead atoms. The van der Waals surface area contributed by atoms with Gasteiger partial charge < -0.3 is 10.4 Å². The lowest BCUT2D eigenvalue weighted by molar-refractivity contribution is 0.209.